The van der Waals surface area contributed by atoms with Gasteiger partial charge in [-0.05, 0) is 49.4 Å². The lowest BCUT2D eigenvalue weighted by atomic mass is 10.1. The molecule has 1 aromatic rings. The predicted molar refractivity (Wildman–Crippen MR) is 93.6 cm³/mol. The molecule has 9 heteroatoms. The predicted octanol–water partition coefficient (Wildman–Crippen LogP) is 3.04. The van der Waals surface area contributed by atoms with E-state index in [1.807, 2.05) is 0 Å². The van der Waals surface area contributed by atoms with Crippen molar-refractivity contribution in [1.82, 2.24) is 4.90 Å². The molecule has 1 aliphatic rings. The molecule has 1 aromatic carbocycles. The van der Waals surface area contributed by atoms with Crippen molar-refractivity contribution < 1.29 is 29.0 Å². The molecule has 1 heterocycles. The first-order valence-electron chi connectivity index (χ1n) is 7.30. The van der Waals surface area contributed by atoms with Crippen LogP contribution in [0.4, 0.5) is 4.79 Å². The number of ether oxygens (including phenoxy) is 2. The molecule has 134 valence electrons. The molecule has 0 aliphatic carbocycles. The third kappa shape index (κ3) is 3.91. The number of methoxy groups -OCH3 is 1. The van der Waals surface area contributed by atoms with Gasteiger partial charge in [0.2, 0.25) is 0 Å². The van der Waals surface area contributed by atoms with Gasteiger partial charge >= 0.3 is 5.97 Å². The minimum absolute atomic E-state index is 0.0460. The van der Waals surface area contributed by atoms with E-state index in [1.165, 1.54) is 32.2 Å². The summed E-state index contributed by atoms with van der Waals surface area (Å²) in [5, 5.41) is 9.22. The molecule has 1 fully saturated rings. The molecule has 1 N–H and O–H groups in total. The third-order valence-corrected chi connectivity index (χ3v) is 4.58. The maximum absolute atomic E-state index is 12.5. The van der Waals surface area contributed by atoms with Crippen molar-refractivity contribution in [2.45, 2.75) is 19.9 Å². The van der Waals surface area contributed by atoms with Crippen LogP contribution in [0.15, 0.2) is 17.0 Å². The zero-order chi connectivity index (χ0) is 18.7. The van der Waals surface area contributed by atoms with Gasteiger partial charge in [0.05, 0.1) is 23.6 Å². The van der Waals surface area contributed by atoms with Crippen LogP contribution in [0.5, 0.6) is 11.5 Å². The van der Waals surface area contributed by atoms with Crippen molar-refractivity contribution >= 4 is 46.6 Å². The molecule has 1 saturated heterocycles. The molecule has 0 spiro atoms. The molecule has 0 bridgehead atoms. The number of thioether (sulfide) groups is 1. The molecule has 2 rings (SSSR count). The van der Waals surface area contributed by atoms with E-state index in [-0.39, 0.29) is 28.0 Å². The highest BCUT2D eigenvalue weighted by atomic mass is 35.5. The molecule has 1 unspecified atom stereocenters. The fraction of sp³-hybridized carbons (Fsp3) is 0.312. The lowest BCUT2D eigenvalue weighted by Gasteiger charge is -2.19. The highest BCUT2D eigenvalue weighted by molar-refractivity contribution is 8.18. The first kappa shape index (κ1) is 19.1. The van der Waals surface area contributed by atoms with Crippen LogP contribution in [-0.2, 0) is 14.3 Å². The molecular weight excluding hydrogens is 370 g/mol. The Morgan fingerprint density at radius 3 is 2.72 bits per heavy atom. The minimum Gasteiger partial charge on any atom is -0.503 e. The van der Waals surface area contributed by atoms with Gasteiger partial charge in [-0.2, -0.15) is 0 Å². The lowest BCUT2D eigenvalue weighted by molar-refractivity contribution is -0.150. The van der Waals surface area contributed by atoms with E-state index in [2.05, 4.69) is 0 Å². The van der Waals surface area contributed by atoms with Crippen LogP contribution in [0.3, 0.4) is 0 Å². The Morgan fingerprint density at radius 1 is 1.44 bits per heavy atom. The van der Waals surface area contributed by atoms with Crippen LogP contribution >= 0.6 is 23.4 Å². The van der Waals surface area contributed by atoms with E-state index in [0.29, 0.717) is 17.3 Å². The van der Waals surface area contributed by atoms with Crippen molar-refractivity contribution in [2.24, 2.45) is 0 Å². The number of amides is 2. The van der Waals surface area contributed by atoms with Crippen LogP contribution in [0.25, 0.3) is 6.08 Å². The molecule has 25 heavy (non-hydrogen) atoms. The molecular formula is C16H16ClNO6S. The molecule has 0 aromatic heterocycles. The fourth-order valence-corrected chi connectivity index (χ4v) is 3.29. The van der Waals surface area contributed by atoms with Gasteiger partial charge in [0.15, 0.2) is 11.5 Å². The van der Waals surface area contributed by atoms with Crippen LogP contribution in [-0.4, -0.2) is 46.9 Å². The second kappa shape index (κ2) is 7.79. The standard InChI is InChI=1S/C16H16ClNO6S/c1-4-24-15(21)8(2)18-14(20)12(25-16(18)22)7-9-5-10(17)13(19)11(6-9)23-3/h5-8,19H,4H2,1-3H3. The Morgan fingerprint density at radius 2 is 2.12 bits per heavy atom. The van der Waals surface area contributed by atoms with Crippen molar-refractivity contribution in [3.63, 3.8) is 0 Å². The van der Waals surface area contributed by atoms with Crippen LogP contribution in [0.1, 0.15) is 19.4 Å². The molecule has 0 radical (unpaired) electrons. The summed E-state index contributed by atoms with van der Waals surface area (Å²) < 4.78 is 9.85. The number of halogens is 1. The first-order chi connectivity index (χ1) is 11.8. The number of rotatable bonds is 5. The van der Waals surface area contributed by atoms with Gasteiger partial charge in [-0.15, -0.1) is 0 Å². The second-order valence-electron chi connectivity index (χ2n) is 5.03. The number of carbonyl (C=O) groups is 3. The Bertz CT molecular complexity index is 763. The summed E-state index contributed by atoms with van der Waals surface area (Å²) in [5.41, 5.74) is 0.467. The Hall–Kier alpha value is -2.19. The van der Waals surface area contributed by atoms with Gasteiger partial charge in [-0.3, -0.25) is 14.5 Å². The topological polar surface area (TPSA) is 93.1 Å². The average Bonchev–Trinajstić information content (AvgIpc) is 2.84. The zero-order valence-electron chi connectivity index (χ0n) is 13.7. The molecule has 0 saturated carbocycles. The van der Waals surface area contributed by atoms with Gasteiger partial charge in [0.25, 0.3) is 11.1 Å². The van der Waals surface area contributed by atoms with Gasteiger partial charge in [0, 0.05) is 0 Å². The highest BCUT2D eigenvalue weighted by Gasteiger charge is 2.41. The number of phenols is 1. The summed E-state index contributed by atoms with van der Waals surface area (Å²) in [5.74, 6) is -1.33. The smallest absolute Gasteiger partial charge is 0.329 e. The number of hydrogen-bond acceptors (Lipinski definition) is 7. The number of hydrogen-bond donors (Lipinski definition) is 1. The summed E-state index contributed by atoms with van der Waals surface area (Å²) in [6.45, 7) is 3.22. The van der Waals surface area contributed by atoms with E-state index >= 15 is 0 Å². The summed E-state index contributed by atoms with van der Waals surface area (Å²) >= 11 is 6.62. The zero-order valence-corrected chi connectivity index (χ0v) is 15.3. The average molecular weight is 386 g/mol. The van der Waals surface area contributed by atoms with Crippen LogP contribution < -0.4 is 4.74 Å². The second-order valence-corrected chi connectivity index (χ2v) is 6.43. The normalized spacial score (nSPS) is 17.1. The van der Waals surface area contributed by atoms with Gasteiger partial charge in [-0.25, -0.2) is 4.79 Å². The lowest BCUT2D eigenvalue weighted by Crippen LogP contribution is -2.42. The quantitative estimate of drug-likeness (QED) is 0.615. The number of carbonyl (C=O) groups excluding carboxylic acids is 3. The van der Waals surface area contributed by atoms with Gasteiger partial charge in [0.1, 0.15) is 6.04 Å². The molecule has 7 nitrogen and oxygen atoms in total. The van der Waals surface area contributed by atoms with Crippen molar-refractivity contribution in [1.29, 1.82) is 0 Å². The first-order valence-corrected chi connectivity index (χ1v) is 8.49. The van der Waals surface area contributed by atoms with Crippen molar-refractivity contribution in [3.8, 4) is 11.5 Å². The number of phenolic OH excluding ortho intramolecular Hbond substituents is 1. The van der Waals surface area contributed by atoms with Crippen molar-refractivity contribution in [2.75, 3.05) is 13.7 Å². The summed E-state index contributed by atoms with van der Waals surface area (Å²) in [6, 6.07) is 1.89. The number of imide groups is 1. The largest absolute Gasteiger partial charge is 0.503 e. The van der Waals surface area contributed by atoms with Crippen LogP contribution in [0, 0.1) is 0 Å². The van der Waals surface area contributed by atoms with E-state index in [0.717, 1.165) is 4.90 Å². The number of esters is 1. The number of aromatic hydroxyl groups is 1. The Kier molecular flexibility index (Phi) is 5.97. The summed E-state index contributed by atoms with van der Waals surface area (Å²) in [4.78, 5) is 37.4. The number of benzene rings is 1. The van der Waals surface area contributed by atoms with Crippen molar-refractivity contribution in [3.05, 3.63) is 27.6 Å². The van der Waals surface area contributed by atoms with Crippen LogP contribution in [0.2, 0.25) is 5.02 Å². The monoisotopic (exact) mass is 385 g/mol. The minimum atomic E-state index is -1.02. The summed E-state index contributed by atoms with van der Waals surface area (Å²) in [6.07, 6.45) is 1.44. The SMILES string of the molecule is CCOC(=O)C(C)N1C(=O)SC(=Cc2cc(Cl)c(O)c(OC)c2)C1=O. The Labute approximate surface area is 153 Å². The number of nitrogens with zero attached hydrogens (tertiary/aromatic N) is 1. The van der Waals surface area contributed by atoms with Gasteiger partial charge in [-0.1, -0.05) is 11.6 Å². The third-order valence-electron chi connectivity index (χ3n) is 3.41. The van der Waals surface area contributed by atoms with E-state index in [1.54, 1.807) is 6.92 Å². The fourth-order valence-electron chi connectivity index (χ4n) is 2.17. The molecule has 1 atom stereocenters. The summed E-state index contributed by atoms with van der Waals surface area (Å²) in [7, 11) is 1.37. The molecule has 1 aliphatic heterocycles. The highest BCUT2D eigenvalue weighted by Crippen LogP contribution is 2.38. The maximum Gasteiger partial charge on any atom is 0.329 e. The van der Waals surface area contributed by atoms with Gasteiger partial charge < -0.3 is 14.6 Å². The van der Waals surface area contributed by atoms with E-state index in [9.17, 15) is 19.5 Å². The van der Waals surface area contributed by atoms with E-state index in [4.69, 9.17) is 21.1 Å². The Balaban J connectivity index is 2.32. The van der Waals surface area contributed by atoms with E-state index < -0.39 is 23.2 Å². The maximum atomic E-state index is 12.5. The molecule has 2 amide bonds.